The van der Waals surface area contributed by atoms with Gasteiger partial charge < -0.3 is 4.90 Å². The van der Waals surface area contributed by atoms with Crippen LogP contribution >= 0.6 is 11.3 Å². The number of benzene rings is 1. The van der Waals surface area contributed by atoms with Crippen molar-refractivity contribution in [1.29, 1.82) is 0 Å². The Kier molecular flexibility index (Phi) is 5.16. The van der Waals surface area contributed by atoms with Crippen LogP contribution in [0.3, 0.4) is 0 Å². The number of rotatable bonds is 5. The molecule has 0 fully saturated rings. The Bertz CT molecular complexity index is 659. The minimum atomic E-state index is 0.0970. The van der Waals surface area contributed by atoms with Gasteiger partial charge in [0.2, 0.25) is 5.91 Å². The lowest BCUT2D eigenvalue weighted by molar-refractivity contribution is -0.133. The molecule has 2 aromatic rings. The molecule has 1 aliphatic heterocycles. The van der Waals surface area contributed by atoms with E-state index in [1.807, 2.05) is 11.3 Å². The van der Waals surface area contributed by atoms with Crippen molar-refractivity contribution in [1.82, 2.24) is 4.90 Å². The van der Waals surface area contributed by atoms with Gasteiger partial charge in [0.25, 0.3) is 0 Å². The maximum absolute atomic E-state index is 12.8. The Morgan fingerprint density at radius 2 is 2.00 bits per heavy atom. The molecule has 0 N–H and O–H groups in total. The van der Waals surface area contributed by atoms with Crippen LogP contribution in [0.4, 0.5) is 0 Å². The molecule has 0 saturated heterocycles. The van der Waals surface area contributed by atoms with Gasteiger partial charge in [-0.05, 0) is 42.3 Å². The molecule has 3 rings (SSSR count). The molecular weight excluding hydrogens is 302 g/mol. The Morgan fingerprint density at radius 1 is 1.22 bits per heavy atom. The van der Waals surface area contributed by atoms with Gasteiger partial charge in [-0.2, -0.15) is 0 Å². The lowest BCUT2D eigenvalue weighted by atomic mass is 9.92. The average Bonchev–Trinajstić information content (AvgIpc) is 3.03. The minimum Gasteiger partial charge on any atom is -0.331 e. The SMILES string of the molecule is CCCCCC(=O)N1CCc2sccc2C1c1ccc(C)cc1. The van der Waals surface area contributed by atoms with Crippen LogP contribution < -0.4 is 0 Å². The molecule has 0 radical (unpaired) electrons. The summed E-state index contributed by atoms with van der Waals surface area (Å²) in [6, 6.07) is 11.0. The van der Waals surface area contributed by atoms with E-state index in [0.717, 1.165) is 32.2 Å². The number of amides is 1. The number of nitrogens with zero attached hydrogens (tertiary/aromatic N) is 1. The van der Waals surface area contributed by atoms with Gasteiger partial charge in [-0.1, -0.05) is 49.6 Å². The van der Waals surface area contributed by atoms with Crippen LogP contribution in [0.25, 0.3) is 0 Å². The van der Waals surface area contributed by atoms with Gasteiger partial charge in [-0.15, -0.1) is 11.3 Å². The molecule has 2 heterocycles. The predicted molar refractivity (Wildman–Crippen MR) is 96.9 cm³/mol. The summed E-state index contributed by atoms with van der Waals surface area (Å²) in [5.41, 5.74) is 3.82. The van der Waals surface area contributed by atoms with E-state index in [-0.39, 0.29) is 6.04 Å². The fraction of sp³-hybridized carbons (Fsp3) is 0.450. The van der Waals surface area contributed by atoms with Gasteiger partial charge in [-0.25, -0.2) is 0 Å². The fourth-order valence-electron chi connectivity index (χ4n) is 3.36. The topological polar surface area (TPSA) is 20.3 Å². The maximum atomic E-state index is 12.8. The second-order valence-corrected chi connectivity index (χ2v) is 7.41. The van der Waals surface area contributed by atoms with Crippen LogP contribution in [-0.2, 0) is 11.2 Å². The van der Waals surface area contributed by atoms with Crippen molar-refractivity contribution < 1.29 is 4.79 Å². The highest BCUT2D eigenvalue weighted by Crippen LogP contribution is 2.38. The summed E-state index contributed by atoms with van der Waals surface area (Å²) >= 11 is 1.82. The third-order valence-corrected chi connectivity index (χ3v) is 5.67. The van der Waals surface area contributed by atoms with E-state index >= 15 is 0 Å². The number of hydrogen-bond acceptors (Lipinski definition) is 2. The molecule has 1 aromatic carbocycles. The summed E-state index contributed by atoms with van der Waals surface area (Å²) in [5, 5.41) is 2.16. The van der Waals surface area contributed by atoms with Crippen LogP contribution in [0.5, 0.6) is 0 Å². The van der Waals surface area contributed by atoms with Crippen molar-refractivity contribution in [2.75, 3.05) is 6.54 Å². The third kappa shape index (κ3) is 3.50. The summed E-state index contributed by atoms with van der Waals surface area (Å²) in [6.07, 6.45) is 4.97. The van der Waals surface area contributed by atoms with Crippen molar-refractivity contribution in [2.45, 2.75) is 52.0 Å². The molecule has 3 heteroatoms. The van der Waals surface area contributed by atoms with Crippen molar-refractivity contribution in [3.63, 3.8) is 0 Å². The molecule has 1 unspecified atom stereocenters. The Balaban J connectivity index is 1.89. The van der Waals surface area contributed by atoms with Gasteiger partial charge in [0.1, 0.15) is 0 Å². The van der Waals surface area contributed by atoms with E-state index in [1.165, 1.54) is 21.6 Å². The van der Waals surface area contributed by atoms with E-state index in [1.54, 1.807) is 0 Å². The van der Waals surface area contributed by atoms with Gasteiger partial charge in [0.05, 0.1) is 6.04 Å². The number of unbranched alkanes of at least 4 members (excludes halogenated alkanes) is 2. The smallest absolute Gasteiger partial charge is 0.223 e. The van der Waals surface area contributed by atoms with Crippen molar-refractivity contribution in [3.05, 3.63) is 57.3 Å². The van der Waals surface area contributed by atoms with Crippen LogP contribution in [0.15, 0.2) is 35.7 Å². The monoisotopic (exact) mass is 327 g/mol. The molecular formula is C20H25NOS. The molecule has 2 nitrogen and oxygen atoms in total. The molecule has 1 amide bonds. The number of thiophene rings is 1. The fourth-order valence-corrected chi connectivity index (χ4v) is 4.27. The lowest BCUT2D eigenvalue weighted by Crippen LogP contribution is -2.40. The first-order valence-electron chi connectivity index (χ1n) is 8.63. The molecule has 0 bridgehead atoms. The molecule has 1 aliphatic rings. The molecule has 0 spiro atoms. The van der Waals surface area contributed by atoms with E-state index in [0.29, 0.717) is 12.3 Å². The van der Waals surface area contributed by atoms with E-state index in [4.69, 9.17) is 0 Å². The van der Waals surface area contributed by atoms with Crippen molar-refractivity contribution in [2.24, 2.45) is 0 Å². The molecule has 122 valence electrons. The second kappa shape index (κ2) is 7.31. The normalized spacial score (nSPS) is 17.1. The Morgan fingerprint density at radius 3 is 2.74 bits per heavy atom. The molecule has 0 aliphatic carbocycles. The molecule has 0 saturated carbocycles. The van der Waals surface area contributed by atoms with Crippen LogP contribution in [0, 0.1) is 6.92 Å². The number of fused-ring (bicyclic) bond motifs is 1. The highest BCUT2D eigenvalue weighted by molar-refractivity contribution is 7.10. The van der Waals surface area contributed by atoms with Crippen molar-refractivity contribution in [3.8, 4) is 0 Å². The standard InChI is InChI=1S/C20H25NOS/c1-3-4-5-6-19(22)21-13-11-18-17(12-14-23-18)20(21)16-9-7-15(2)8-10-16/h7-10,12,14,20H,3-6,11,13H2,1-2H3. The zero-order chi connectivity index (χ0) is 16.2. The predicted octanol–water partition coefficient (Wildman–Crippen LogP) is 5.11. The lowest BCUT2D eigenvalue weighted by Gasteiger charge is -2.36. The minimum absolute atomic E-state index is 0.0970. The Labute approximate surface area is 143 Å². The average molecular weight is 327 g/mol. The van der Waals surface area contributed by atoms with Gasteiger partial charge in [0, 0.05) is 17.8 Å². The van der Waals surface area contributed by atoms with Crippen LogP contribution in [0.2, 0.25) is 0 Å². The number of aryl methyl sites for hydroxylation is 1. The van der Waals surface area contributed by atoms with Crippen molar-refractivity contribution >= 4 is 17.2 Å². The van der Waals surface area contributed by atoms with Gasteiger partial charge >= 0.3 is 0 Å². The summed E-state index contributed by atoms with van der Waals surface area (Å²) in [4.78, 5) is 16.3. The van der Waals surface area contributed by atoms with Gasteiger partial charge in [0.15, 0.2) is 0 Å². The third-order valence-electron chi connectivity index (χ3n) is 4.67. The first kappa shape index (κ1) is 16.3. The molecule has 1 atom stereocenters. The van der Waals surface area contributed by atoms with Gasteiger partial charge in [-0.3, -0.25) is 4.79 Å². The van der Waals surface area contributed by atoms with Crippen LogP contribution in [0.1, 0.15) is 60.2 Å². The zero-order valence-corrected chi connectivity index (χ0v) is 14.9. The zero-order valence-electron chi connectivity index (χ0n) is 14.0. The van der Waals surface area contributed by atoms with E-state index in [9.17, 15) is 4.79 Å². The highest BCUT2D eigenvalue weighted by atomic mass is 32.1. The number of carbonyl (C=O) groups is 1. The maximum Gasteiger partial charge on any atom is 0.223 e. The number of carbonyl (C=O) groups excluding carboxylic acids is 1. The molecule has 1 aromatic heterocycles. The summed E-state index contributed by atoms with van der Waals surface area (Å²) < 4.78 is 0. The van der Waals surface area contributed by atoms with Crippen LogP contribution in [-0.4, -0.2) is 17.4 Å². The van der Waals surface area contributed by atoms with E-state index in [2.05, 4.69) is 54.5 Å². The first-order chi connectivity index (χ1) is 11.2. The first-order valence-corrected chi connectivity index (χ1v) is 9.51. The summed E-state index contributed by atoms with van der Waals surface area (Å²) in [6.45, 7) is 5.13. The highest BCUT2D eigenvalue weighted by Gasteiger charge is 2.32. The second-order valence-electron chi connectivity index (χ2n) is 6.41. The Hall–Kier alpha value is -1.61. The summed E-state index contributed by atoms with van der Waals surface area (Å²) in [7, 11) is 0. The molecule has 23 heavy (non-hydrogen) atoms. The summed E-state index contributed by atoms with van der Waals surface area (Å²) in [5.74, 6) is 0.306. The largest absolute Gasteiger partial charge is 0.331 e. The number of hydrogen-bond donors (Lipinski definition) is 0. The quantitative estimate of drug-likeness (QED) is 0.699. The van der Waals surface area contributed by atoms with E-state index < -0.39 is 0 Å².